The van der Waals surface area contributed by atoms with Gasteiger partial charge >= 0.3 is 0 Å². The van der Waals surface area contributed by atoms with E-state index in [0.717, 1.165) is 0 Å². The van der Waals surface area contributed by atoms with Crippen LogP contribution in [0.4, 0.5) is 11.4 Å². The molecule has 8 nitrogen and oxygen atoms in total. The van der Waals surface area contributed by atoms with E-state index >= 15 is 0 Å². The molecule has 0 aliphatic carbocycles. The van der Waals surface area contributed by atoms with Crippen LogP contribution < -0.4 is 14.8 Å². The highest BCUT2D eigenvalue weighted by atomic mass is 32.2. The normalized spacial score (nSPS) is 10.9. The Balaban J connectivity index is 1.68. The van der Waals surface area contributed by atoms with E-state index in [9.17, 15) is 18.0 Å². The molecule has 0 bridgehead atoms. The quantitative estimate of drug-likeness (QED) is 0.561. The highest BCUT2D eigenvalue weighted by Gasteiger charge is 2.15. The van der Waals surface area contributed by atoms with Crippen LogP contribution >= 0.6 is 0 Å². The minimum atomic E-state index is -3.83. The number of Topliss-reactive ketones (excluding diaryl/α,β-unsaturated/α-hetero) is 1. The van der Waals surface area contributed by atoms with Crippen LogP contribution in [0.15, 0.2) is 71.8 Å². The lowest BCUT2D eigenvalue weighted by atomic mass is 10.2. The fourth-order valence-corrected chi connectivity index (χ4v) is 3.61. The van der Waals surface area contributed by atoms with E-state index in [-0.39, 0.29) is 16.6 Å². The van der Waals surface area contributed by atoms with Gasteiger partial charge in [-0.2, -0.15) is 0 Å². The SMILES string of the molecule is COc1ccc(NC(=O)c2ccc(NS(=O)(=O)c3ccc(C(C)=O)cc3)cc2)cn1. The number of ketones is 1. The van der Waals surface area contributed by atoms with Crippen LogP contribution in [0.25, 0.3) is 0 Å². The molecule has 3 rings (SSSR count). The highest BCUT2D eigenvalue weighted by Crippen LogP contribution is 2.18. The van der Waals surface area contributed by atoms with Gasteiger partial charge in [-0.1, -0.05) is 12.1 Å². The summed E-state index contributed by atoms with van der Waals surface area (Å²) in [5.41, 5.74) is 1.57. The van der Waals surface area contributed by atoms with Gasteiger partial charge in [0.25, 0.3) is 15.9 Å². The molecule has 2 N–H and O–H groups in total. The molecule has 0 atom stereocenters. The molecule has 1 heterocycles. The van der Waals surface area contributed by atoms with Gasteiger partial charge in [-0.15, -0.1) is 0 Å². The van der Waals surface area contributed by atoms with Crippen molar-refractivity contribution in [3.63, 3.8) is 0 Å². The maximum atomic E-state index is 12.5. The number of ether oxygens (including phenoxy) is 1. The Morgan fingerprint density at radius 1 is 0.867 bits per heavy atom. The molecule has 0 fully saturated rings. The first-order chi connectivity index (χ1) is 14.3. The van der Waals surface area contributed by atoms with Gasteiger partial charge in [-0.25, -0.2) is 13.4 Å². The summed E-state index contributed by atoms with van der Waals surface area (Å²) in [6, 6.07) is 14.9. The van der Waals surface area contributed by atoms with Crippen molar-refractivity contribution in [3.8, 4) is 5.88 Å². The average molecular weight is 425 g/mol. The maximum Gasteiger partial charge on any atom is 0.261 e. The molecule has 154 valence electrons. The molecule has 3 aromatic rings. The second-order valence-corrected chi connectivity index (χ2v) is 7.99. The van der Waals surface area contributed by atoms with E-state index in [0.29, 0.717) is 28.4 Å². The minimum absolute atomic E-state index is 0.0290. The lowest BCUT2D eigenvalue weighted by molar-refractivity contribution is 0.101. The summed E-state index contributed by atoms with van der Waals surface area (Å²) >= 11 is 0. The third-order valence-electron chi connectivity index (χ3n) is 4.17. The summed E-state index contributed by atoms with van der Waals surface area (Å²) in [6.07, 6.45) is 1.47. The van der Waals surface area contributed by atoms with Crippen LogP contribution in [-0.2, 0) is 10.0 Å². The number of anilines is 2. The summed E-state index contributed by atoms with van der Waals surface area (Å²) in [5.74, 6) is -0.0806. The largest absolute Gasteiger partial charge is 0.481 e. The number of aromatic nitrogens is 1. The molecule has 0 spiro atoms. The van der Waals surface area contributed by atoms with Crippen LogP contribution in [0.2, 0.25) is 0 Å². The zero-order valence-corrected chi connectivity index (χ0v) is 17.1. The van der Waals surface area contributed by atoms with Crippen LogP contribution in [0.1, 0.15) is 27.6 Å². The standard InChI is InChI=1S/C21H19N3O5S/c1-14(25)15-5-10-19(11-6-15)30(27,28)24-17-7-3-16(4-8-17)21(26)23-18-9-12-20(29-2)22-13-18/h3-13,24H,1-2H3,(H,23,26). The topological polar surface area (TPSA) is 114 Å². The molecule has 0 aliphatic rings. The molecule has 9 heteroatoms. The lowest BCUT2D eigenvalue weighted by Gasteiger charge is -2.10. The maximum absolute atomic E-state index is 12.5. The number of benzene rings is 2. The summed E-state index contributed by atoms with van der Waals surface area (Å²) in [7, 11) is -2.33. The number of amides is 1. The number of carbonyl (C=O) groups excluding carboxylic acids is 2. The van der Waals surface area contributed by atoms with E-state index in [1.165, 1.54) is 68.8 Å². The first-order valence-corrected chi connectivity index (χ1v) is 10.3. The predicted octanol–water partition coefficient (Wildman–Crippen LogP) is 3.35. The van der Waals surface area contributed by atoms with Gasteiger partial charge in [0.2, 0.25) is 5.88 Å². The molecule has 0 unspecified atom stereocenters. The zero-order valence-electron chi connectivity index (χ0n) is 16.2. The summed E-state index contributed by atoms with van der Waals surface area (Å²) in [4.78, 5) is 27.7. The van der Waals surface area contributed by atoms with Crippen LogP contribution in [0.5, 0.6) is 5.88 Å². The second-order valence-electron chi connectivity index (χ2n) is 6.31. The van der Waals surface area contributed by atoms with E-state index in [4.69, 9.17) is 4.74 Å². The summed E-state index contributed by atoms with van der Waals surface area (Å²) in [5, 5.41) is 2.69. The Kier molecular flexibility index (Phi) is 6.12. The van der Waals surface area contributed by atoms with Gasteiger partial charge in [0.05, 0.1) is 23.9 Å². The highest BCUT2D eigenvalue weighted by molar-refractivity contribution is 7.92. The van der Waals surface area contributed by atoms with Crippen LogP contribution in [-0.4, -0.2) is 32.2 Å². The lowest BCUT2D eigenvalue weighted by Crippen LogP contribution is -2.14. The van der Waals surface area contributed by atoms with E-state index in [2.05, 4.69) is 15.0 Å². The van der Waals surface area contributed by atoms with Gasteiger partial charge in [0, 0.05) is 22.9 Å². The molecular formula is C21H19N3O5S. The van der Waals surface area contributed by atoms with Crippen molar-refractivity contribution in [1.29, 1.82) is 0 Å². The Bertz CT molecular complexity index is 1160. The van der Waals surface area contributed by atoms with Crippen molar-refractivity contribution in [3.05, 3.63) is 78.0 Å². The summed E-state index contributed by atoms with van der Waals surface area (Å²) < 4.78 is 32.4. The fourth-order valence-electron chi connectivity index (χ4n) is 2.55. The van der Waals surface area contributed by atoms with Crippen molar-refractivity contribution in [1.82, 2.24) is 4.98 Å². The number of hydrogen-bond acceptors (Lipinski definition) is 6. The molecule has 0 saturated carbocycles. The molecule has 0 radical (unpaired) electrons. The number of carbonyl (C=O) groups is 2. The van der Waals surface area contributed by atoms with E-state index < -0.39 is 10.0 Å². The molecule has 1 amide bonds. The van der Waals surface area contributed by atoms with Crippen molar-refractivity contribution in [2.24, 2.45) is 0 Å². The van der Waals surface area contributed by atoms with Crippen molar-refractivity contribution in [2.75, 3.05) is 17.1 Å². The third-order valence-corrected chi connectivity index (χ3v) is 5.57. The number of methoxy groups -OCH3 is 1. The Morgan fingerprint density at radius 2 is 1.47 bits per heavy atom. The molecule has 30 heavy (non-hydrogen) atoms. The number of nitrogens with zero attached hydrogens (tertiary/aromatic N) is 1. The number of sulfonamides is 1. The fraction of sp³-hybridized carbons (Fsp3) is 0.0952. The van der Waals surface area contributed by atoms with Crippen molar-refractivity contribution in [2.45, 2.75) is 11.8 Å². The Labute approximate surface area is 174 Å². The number of nitrogens with one attached hydrogen (secondary N) is 2. The van der Waals surface area contributed by atoms with E-state index in [1.807, 2.05) is 0 Å². The molecule has 1 aromatic heterocycles. The van der Waals surface area contributed by atoms with Crippen LogP contribution in [0, 0.1) is 0 Å². The van der Waals surface area contributed by atoms with E-state index in [1.54, 1.807) is 12.1 Å². The Morgan fingerprint density at radius 3 is 2.00 bits per heavy atom. The molecule has 0 saturated heterocycles. The number of pyridine rings is 1. The smallest absolute Gasteiger partial charge is 0.261 e. The number of rotatable bonds is 7. The van der Waals surface area contributed by atoms with Gasteiger partial charge in [-0.3, -0.25) is 14.3 Å². The van der Waals surface area contributed by atoms with Gasteiger partial charge in [0.15, 0.2) is 5.78 Å². The Hall–Kier alpha value is -3.72. The minimum Gasteiger partial charge on any atom is -0.481 e. The van der Waals surface area contributed by atoms with Gasteiger partial charge in [-0.05, 0) is 49.4 Å². The van der Waals surface area contributed by atoms with Gasteiger partial charge < -0.3 is 10.1 Å². The predicted molar refractivity (Wildman–Crippen MR) is 112 cm³/mol. The molecule has 2 aromatic carbocycles. The van der Waals surface area contributed by atoms with Gasteiger partial charge in [0.1, 0.15) is 0 Å². The van der Waals surface area contributed by atoms with Crippen molar-refractivity contribution >= 4 is 33.1 Å². The molecule has 0 aliphatic heterocycles. The second kappa shape index (κ2) is 8.75. The van der Waals surface area contributed by atoms with Crippen LogP contribution in [0.3, 0.4) is 0 Å². The third kappa shape index (κ3) is 5.00. The van der Waals surface area contributed by atoms with Crippen molar-refractivity contribution < 1.29 is 22.7 Å². The first-order valence-electron chi connectivity index (χ1n) is 8.84. The summed E-state index contributed by atoms with van der Waals surface area (Å²) in [6.45, 7) is 1.41. The average Bonchev–Trinajstić information content (AvgIpc) is 2.74. The zero-order chi connectivity index (χ0) is 21.7. The first kappa shape index (κ1) is 21.0. The molecular weight excluding hydrogens is 406 g/mol. The number of hydrogen-bond donors (Lipinski definition) is 2. The monoisotopic (exact) mass is 425 g/mol.